The third-order valence-corrected chi connectivity index (χ3v) is 6.00. The van der Waals surface area contributed by atoms with Crippen LogP contribution in [0.3, 0.4) is 0 Å². The van der Waals surface area contributed by atoms with Gasteiger partial charge in [-0.1, -0.05) is 20.8 Å². The topological polar surface area (TPSA) is 67.9 Å². The molecule has 0 aromatic rings. The van der Waals surface area contributed by atoms with E-state index in [2.05, 4.69) is 12.2 Å². The molecule has 3 rings (SSSR count). The second kappa shape index (κ2) is 8.26. The first-order valence-electron chi connectivity index (χ1n) is 10.3. The van der Waals surface area contributed by atoms with E-state index >= 15 is 0 Å². The van der Waals surface area contributed by atoms with Crippen LogP contribution in [0.5, 0.6) is 0 Å². The van der Waals surface area contributed by atoms with Crippen LogP contribution >= 0.6 is 0 Å². The van der Waals surface area contributed by atoms with Gasteiger partial charge < -0.3 is 14.8 Å². The van der Waals surface area contributed by atoms with Crippen LogP contribution in [-0.2, 0) is 19.1 Å². The molecule has 2 amide bonds. The van der Waals surface area contributed by atoms with E-state index in [1.54, 1.807) is 4.90 Å². The molecule has 0 radical (unpaired) electrons. The zero-order chi connectivity index (χ0) is 18.7. The van der Waals surface area contributed by atoms with Crippen LogP contribution in [0.25, 0.3) is 0 Å². The van der Waals surface area contributed by atoms with Crippen molar-refractivity contribution in [2.45, 2.75) is 83.6 Å². The normalized spacial score (nSPS) is 34.6. The van der Waals surface area contributed by atoms with Crippen LogP contribution in [0.2, 0.25) is 0 Å². The fraction of sp³-hybridized carbons (Fsp3) is 0.900. The highest BCUT2D eigenvalue weighted by atomic mass is 16.5. The number of nitrogens with one attached hydrogen (secondary N) is 1. The van der Waals surface area contributed by atoms with Crippen LogP contribution in [0.15, 0.2) is 0 Å². The average molecular weight is 367 g/mol. The van der Waals surface area contributed by atoms with Crippen molar-refractivity contribution in [3.8, 4) is 0 Å². The van der Waals surface area contributed by atoms with Crippen LogP contribution in [0.1, 0.15) is 65.7 Å². The van der Waals surface area contributed by atoms with Gasteiger partial charge in [0.1, 0.15) is 11.8 Å². The summed E-state index contributed by atoms with van der Waals surface area (Å²) in [5, 5.41) is 3.00. The lowest BCUT2D eigenvalue weighted by molar-refractivity contribution is -0.162. The fourth-order valence-electron chi connectivity index (χ4n) is 4.44. The molecule has 0 unspecified atom stereocenters. The second-order valence-corrected chi connectivity index (χ2v) is 8.70. The second-order valence-electron chi connectivity index (χ2n) is 8.70. The van der Waals surface area contributed by atoms with Crippen molar-refractivity contribution in [1.82, 2.24) is 10.2 Å². The molecule has 0 bridgehead atoms. The minimum atomic E-state index is -0.579. The largest absolute Gasteiger partial charge is 0.376 e. The van der Waals surface area contributed by atoms with Crippen molar-refractivity contribution in [3.63, 3.8) is 0 Å². The molecule has 6 nitrogen and oxygen atoms in total. The Morgan fingerprint density at radius 2 is 1.96 bits per heavy atom. The number of nitrogens with zero attached hydrogens (tertiary/aromatic N) is 1. The summed E-state index contributed by atoms with van der Waals surface area (Å²) in [6, 6.07) is -0.518. The van der Waals surface area contributed by atoms with Gasteiger partial charge in [-0.25, -0.2) is 0 Å². The summed E-state index contributed by atoms with van der Waals surface area (Å²) >= 11 is 0. The Morgan fingerprint density at radius 3 is 2.58 bits per heavy atom. The third kappa shape index (κ3) is 4.22. The molecular formula is C20H34N2O4. The Bertz CT molecular complexity index is 508. The lowest BCUT2D eigenvalue weighted by Gasteiger charge is -2.43. The molecule has 3 fully saturated rings. The van der Waals surface area contributed by atoms with Gasteiger partial charge in [-0.2, -0.15) is 0 Å². The molecule has 0 aromatic heterocycles. The third-order valence-electron chi connectivity index (χ3n) is 6.00. The maximum absolute atomic E-state index is 13.0. The molecule has 1 aliphatic carbocycles. The Hall–Kier alpha value is -1.14. The van der Waals surface area contributed by atoms with E-state index in [0.29, 0.717) is 25.5 Å². The van der Waals surface area contributed by atoms with Crippen LogP contribution < -0.4 is 5.32 Å². The summed E-state index contributed by atoms with van der Waals surface area (Å²) < 4.78 is 11.8. The van der Waals surface area contributed by atoms with Crippen molar-refractivity contribution < 1.29 is 19.1 Å². The number of hydrogen-bond donors (Lipinski definition) is 1. The molecule has 1 N–H and O–H groups in total. The van der Waals surface area contributed by atoms with Crippen molar-refractivity contribution in [2.24, 2.45) is 11.8 Å². The van der Waals surface area contributed by atoms with Gasteiger partial charge in [0.2, 0.25) is 11.8 Å². The number of rotatable bonds is 5. The highest BCUT2D eigenvalue weighted by molar-refractivity contribution is 5.89. The summed E-state index contributed by atoms with van der Waals surface area (Å²) in [5.74, 6) is 0.856. The molecule has 148 valence electrons. The van der Waals surface area contributed by atoms with Gasteiger partial charge in [0.05, 0.1) is 12.7 Å². The summed E-state index contributed by atoms with van der Waals surface area (Å²) in [6.07, 6.45) is 6.32. The van der Waals surface area contributed by atoms with Gasteiger partial charge >= 0.3 is 0 Å². The van der Waals surface area contributed by atoms with Crippen molar-refractivity contribution in [3.05, 3.63) is 0 Å². The Balaban J connectivity index is 1.70. The van der Waals surface area contributed by atoms with Gasteiger partial charge in [-0.15, -0.1) is 0 Å². The van der Waals surface area contributed by atoms with Gasteiger partial charge in [0.15, 0.2) is 0 Å². The highest BCUT2D eigenvalue weighted by Gasteiger charge is 2.53. The van der Waals surface area contributed by atoms with Crippen LogP contribution in [0.4, 0.5) is 0 Å². The molecule has 6 heteroatoms. The Kier molecular flexibility index (Phi) is 6.23. The van der Waals surface area contributed by atoms with E-state index in [-0.39, 0.29) is 23.8 Å². The predicted molar refractivity (Wildman–Crippen MR) is 98.4 cm³/mol. The average Bonchev–Trinajstić information content (AvgIpc) is 3.23. The van der Waals surface area contributed by atoms with Crippen molar-refractivity contribution in [1.29, 1.82) is 0 Å². The summed E-state index contributed by atoms with van der Waals surface area (Å²) in [5.41, 5.74) is -0.579. The minimum absolute atomic E-state index is 0.0457. The van der Waals surface area contributed by atoms with E-state index < -0.39 is 11.8 Å². The molecule has 1 spiro atoms. The minimum Gasteiger partial charge on any atom is -0.376 e. The molecule has 0 aromatic carbocycles. The first-order valence-corrected chi connectivity index (χ1v) is 10.3. The van der Waals surface area contributed by atoms with Gasteiger partial charge in [0, 0.05) is 19.6 Å². The molecule has 2 heterocycles. The molecule has 2 aliphatic heterocycles. The van der Waals surface area contributed by atoms with Crippen LogP contribution in [-0.4, -0.2) is 54.3 Å². The van der Waals surface area contributed by atoms with E-state index in [1.807, 2.05) is 13.8 Å². The summed E-state index contributed by atoms with van der Waals surface area (Å²) in [7, 11) is 0. The summed E-state index contributed by atoms with van der Waals surface area (Å²) in [4.78, 5) is 27.7. The van der Waals surface area contributed by atoms with Gasteiger partial charge in [-0.3, -0.25) is 14.5 Å². The zero-order valence-electron chi connectivity index (χ0n) is 16.5. The maximum atomic E-state index is 13.0. The Labute approximate surface area is 157 Å². The number of hydrogen-bond acceptors (Lipinski definition) is 4. The predicted octanol–water partition coefficient (Wildman–Crippen LogP) is 2.46. The molecule has 26 heavy (non-hydrogen) atoms. The van der Waals surface area contributed by atoms with E-state index in [1.165, 1.54) is 0 Å². The van der Waals surface area contributed by atoms with E-state index in [4.69, 9.17) is 9.47 Å². The lowest BCUT2D eigenvalue weighted by Crippen LogP contribution is -2.57. The lowest BCUT2D eigenvalue weighted by atomic mass is 9.83. The van der Waals surface area contributed by atoms with E-state index in [9.17, 15) is 9.59 Å². The number of carbonyl (C=O) groups excluding carboxylic acids is 2. The monoisotopic (exact) mass is 366 g/mol. The first-order chi connectivity index (χ1) is 12.4. The number of carbonyl (C=O) groups is 2. The maximum Gasteiger partial charge on any atom is 0.245 e. The fourth-order valence-corrected chi connectivity index (χ4v) is 4.44. The number of ether oxygens (including phenoxy) is 2. The van der Waals surface area contributed by atoms with Crippen LogP contribution in [0, 0.1) is 11.8 Å². The SMILES string of the molecule is CC(C)CC(=O)N1[C@@H](C(=O)NC[C@@H]2CCCO2)COC12CCC(C)CC2. The molecular weight excluding hydrogens is 332 g/mol. The molecule has 2 saturated heterocycles. The Morgan fingerprint density at radius 1 is 1.23 bits per heavy atom. The van der Waals surface area contributed by atoms with Crippen molar-refractivity contribution >= 4 is 11.8 Å². The van der Waals surface area contributed by atoms with Gasteiger partial charge in [0.25, 0.3) is 0 Å². The smallest absolute Gasteiger partial charge is 0.245 e. The summed E-state index contributed by atoms with van der Waals surface area (Å²) in [6.45, 7) is 7.91. The van der Waals surface area contributed by atoms with E-state index in [0.717, 1.165) is 45.1 Å². The molecule has 2 atom stereocenters. The molecule has 1 saturated carbocycles. The zero-order valence-corrected chi connectivity index (χ0v) is 16.5. The van der Waals surface area contributed by atoms with Gasteiger partial charge in [-0.05, 0) is 50.4 Å². The quantitative estimate of drug-likeness (QED) is 0.812. The molecule has 3 aliphatic rings. The standard InChI is InChI=1S/C20H34N2O4/c1-14(2)11-18(23)22-17(19(24)21-12-16-5-4-10-25-16)13-26-20(22)8-6-15(3)7-9-20/h14-17H,4-13H2,1-3H3,(H,21,24)/t15?,16-,17+,20?/m0/s1. The number of amides is 2. The highest BCUT2D eigenvalue weighted by Crippen LogP contribution is 2.42. The first kappa shape index (κ1) is 19.6. The van der Waals surface area contributed by atoms with Crippen molar-refractivity contribution in [2.75, 3.05) is 19.8 Å².